The van der Waals surface area contributed by atoms with Gasteiger partial charge in [0.25, 0.3) is 0 Å². The smallest absolute Gasteiger partial charge is 0.133 e. The normalized spacial score (nSPS) is 10.2. The first-order chi connectivity index (χ1) is 7.74. The first-order valence-corrected chi connectivity index (χ1v) is 5.60. The predicted molar refractivity (Wildman–Crippen MR) is 66.1 cm³/mol. The van der Waals surface area contributed by atoms with Crippen LogP contribution in [0.25, 0.3) is 11.1 Å². The molecule has 0 saturated carbocycles. The Labute approximate surface area is 102 Å². The Bertz CT molecular complexity index is 511. The standard InChI is InChI=1S/C13H10BrFO/c1-16-12-8-4-6-10(13(12)14)9-5-2-3-7-11(9)15/h2-8H,1H3. The molecule has 0 unspecified atom stereocenters. The van der Waals surface area contributed by atoms with E-state index in [9.17, 15) is 4.39 Å². The number of hydrogen-bond donors (Lipinski definition) is 0. The van der Waals surface area contributed by atoms with Crippen LogP contribution in [0.1, 0.15) is 0 Å². The molecule has 2 aromatic rings. The summed E-state index contributed by atoms with van der Waals surface area (Å²) in [5, 5.41) is 0. The Morgan fingerprint density at radius 1 is 1.00 bits per heavy atom. The van der Waals surface area contributed by atoms with Crippen molar-refractivity contribution in [2.24, 2.45) is 0 Å². The van der Waals surface area contributed by atoms with Gasteiger partial charge in [0, 0.05) is 11.1 Å². The summed E-state index contributed by atoms with van der Waals surface area (Å²) in [6.07, 6.45) is 0. The van der Waals surface area contributed by atoms with Crippen molar-refractivity contribution in [3.05, 3.63) is 52.8 Å². The topological polar surface area (TPSA) is 9.23 Å². The van der Waals surface area contributed by atoms with Gasteiger partial charge < -0.3 is 4.74 Å². The quantitative estimate of drug-likeness (QED) is 0.799. The lowest BCUT2D eigenvalue weighted by molar-refractivity contribution is 0.412. The summed E-state index contributed by atoms with van der Waals surface area (Å²) in [5.74, 6) is 0.456. The highest BCUT2D eigenvalue weighted by Crippen LogP contribution is 2.36. The lowest BCUT2D eigenvalue weighted by Crippen LogP contribution is -1.89. The molecule has 3 heteroatoms. The third-order valence-electron chi connectivity index (χ3n) is 2.35. The van der Waals surface area contributed by atoms with E-state index in [1.165, 1.54) is 6.07 Å². The average Bonchev–Trinajstić information content (AvgIpc) is 2.31. The molecule has 0 bridgehead atoms. The molecule has 82 valence electrons. The highest BCUT2D eigenvalue weighted by atomic mass is 79.9. The first-order valence-electron chi connectivity index (χ1n) is 4.81. The van der Waals surface area contributed by atoms with Gasteiger partial charge in [0.1, 0.15) is 11.6 Å². The van der Waals surface area contributed by atoms with E-state index in [0.29, 0.717) is 11.3 Å². The van der Waals surface area contributed by atoms with E-state index < -0.39 is 0 Å². The highest BCUT2D eigenvalue weighted by molar-refractivity contribution is 9.10. The fourth-order valence-corrected chi connectivity index (χ4v) is 2.20. The number of methoxy groups -OCH3 is 1. The van der Waals surface area contributed by atoms with Crippen molar-refractivity contribution in [2.75, 3.05) is 7.11 Å². The van der Waals surface area contributed by atoms with Gasteiger partial charge in [-0.1, -0.05) is 30.3 Å². The minimum Gasteiger partial charge on any atom is -0.496 e. The van der Waals surface area contributed by atoms with Crippen LogP contribution in [-0.2, 0) is 0 Å². The number of hydrogen-bond acceptors (Lipinski definition) is 1. The van der Waals surface area contributed by atoms with Gasteiger partial charge in [0.2, 0.25) is 0 Å². The van der Waals surface area contributed by atoms with Crippen molar-refractivity contribution in [2.45, 2.75) is 0 Å². The molecule has 0 aliphatic rings. The van der Waals surface area contributed by atoms with Crippen LogP contribution < -0.4 is 4.74 Å². The van der Waals surface area contributed by atoms with E-state index in [4.69, 9.17) is 4.74 Å². The molecule has 0 aliphatic carbocycles. The number of rotatable bonds is 2. The van der Waals surface area contributed by atoms with Gasteiger partial charge in [-0.2, -0.15) is 0 Å². The van der Waals surface area contributed by atoms with Crippen LogP contribution >= 0.6 is 15.9 Å². The van der Waals surface area contributed by atoms with Gasteiger partial charge in [-0.05, 0) is 28.1 Å². The maximum Gasteiger partial charge on any atom is 0.133 e. The molecule has 16 heavy (non-hydrogen) atoms. The van der Waals surface area contributed by atoms with Gasteiger partial charge >= 0.3 is 0 Å². The Hall–Kier alpha value is -1.35. The maximum absolute atomic E-state index is 13.6. The van der Waals surface area contributed by atoms with Crippen molar-refractivity contribution in [1.82, 2.24) is 0 Å². The molecule has 0 fully saturated rings. The second-order valence-corrected chi connectivity index (χ2v) is 4.09. The Kier molecular flexibility index (Phi) is 3.25. The molecule has 0 spiro atoms. The Balaban J connectivity index is 2.61. The summed E-state index contributed by atoms with van der Waals surface area (Å²) in [4.78, 5) is 0. The zero-order valence-corrected chi connectivity index (χ0v) is 10.3. The summed E-state index contributed by atoms with van der Waals surface area (Å²) in [6, 6.07) is 12.2. The van der Waals surface area contributed by atoms with Gasteiger partial charge in [-0.15, -0.1) is 0 Å². The number of ether oxygens (including phenoxy) is 1. The minimum atomic E-state index is -0.239. The SMILES string of the molecule is COc1cccc(-c2ccccc2F)c1Br. The Morgan fingerprint density at radius 2 is 1.69 bits per heavy atom. The summed E-state index contributed by atoms with van der Waals surface area (Å²) in [7, 11) is 1.59. The largest absolute Gasteiger partial charge is 0.496 e. The van der Waals surface area contributed by atoms with Crippen molar-refractivity contribution in [1.29, 1.82) is 0 Å². The van der Waals surface area contributed by atoms with Gasteiger partial charge in [0.05, 0.1) is 11.6 Å². The lowest BCUT2D eigenvalue weighted by Gasteiger charge is -2.09. The van der Waals surface area contributed by atoms with Crippen LogP contribution in [0, 0.1) is 5.82 Å². The third kappa shape index (κ3) is 1.95. The fourth-order valence-electron chi connectivity index (χ4n) is 1.56. The van der Waals surface area contributed by atoms with Crippen molar-refractivity contribution >= 4 is 15.9 Å². The molecular formula is C13H10BrFO. The van der Waals surface area contributed by atoms with E-state index in [2.05, 4.69) is 15.9 Å². The predicted octanol–water partition coefficient (Wildman–Crippen LogP) is 4.26. The molecule has 2 rings (SSSR count). The summed E-state index contributed by atoms with van der Waals surface area (Å²) in [6.45, 7) is 0. The second kappa shape index (κ2) is 4.66. The van der Waals surface area contributed by atoms with E-state index in [-0.39, 0.29) is 5.82 Å². The fraction of sp³-hybridized carbons (Fsp3) is 0.0769. The minimum absolute atomic E-state index is 0.239. The third-order valence-corrected chi connectivity index (χ3v) is 3.17. The zero-order valence-electron chi connectivity index (χ0n) is 8.71. The van der Waals surface area contributed by atoms with Crippen LogP contribution in [-0.4, -0.2) is 7.11 Å². The van der Waals surface area contributed by atoms with Gasteiger partial charge in [-0.25, -0.2) is 4.39 Å². The van der Waals surface area contributed by atoms with Crippen molar-refractivity contribution in [3.8, 4) is 16.9 Å². The monoisotopic (exact) mass is 280 g/mol. The van der Waals surface area contributed by atoms with Gasteiger partial charge in [0.15, 0.2) is 0 Å². The van der Waals surface area contributed by atoms with E-state index in [1.807, 2.05) is 24.3 Å². The van der Waals surface area contributed by atoms with E-state index in [0.717, 1.165) is 10.0 Å². The van der Waals surface area contributed by atoms with Crippen LogP contribution in [0.3, 0.4) is 0 Å². The molecule has 1 nitrogen and oxygen atoms in total. The van der Waals surface area contributed by atoms with Gasteiger partial charge in [-0.3, -0.25) is 0 Å². The molecule has 0 radical (unpaired) electrons. The molecule has 0 aliphatic heterocycles. The van der Waals surface area contributed by atoms with Crippen molar-refractivity contribution in [3.63, 3.8) is 0 Å². The molecule has 2 aromatic carbocycles. The summed E-state index contributed by atoms with van der Waals surface area (Å²) < 4.78 is 19.6. The molecule has 0 atom stereocenters. The lowest BCUT2D eigenvalue weighted by atomic mass is 10.1. The van der Waals surface area contributed by atoms with E-state index in [1.54, 1.807) is 19.2 Å². The van der Waals surface area contributed by atoms with Crippen LogP contribution in [0.4, 0.5) is 4.39 Å². The summed E-state index contributed by atoms with van der Waals surface area (Å²) in [5.41, 5.74) is 1.35. The second-order valence-electron chi connectivity index (χ2n) is 3.30. The average molecular weight is 281 g/mol. The maximum atomic E-state index is 13.6. The van der Waals surface area contributed by atoms with E-state index >= 15 is 0 Å². The first kappa shape index (κ1) is 11.1. The van der Waals surface area contributed by atoms with Crippen LogP contribution in [0.5, 0.6) is 5.75 Å². The molecular weight excluding hydrogens is 271 g/mol. The van der Waals surface area contributed by atoms with Crippen molar-refractivity contribution < 1.29 is 9.13 Å². The van der Waals surface area contributed by atoms with Crippen LogP contribution in [0.15, 0.2) is 46.9 Å². The Morgan fingerprint density at radius 3 is 2.38 bits per heavy atom. The molecule has 0 heterocycles. The summed E-state index contributed by atoms with van der Waals surface area (Å²) >= 11 is 3.42. The molecule has 0 saturated heterocycles. The highest BCUT2D eigenvalue weighted by Gasteiger charge is 2.10. The zero-order chi connectivity index (χ0) is 11.5. The molecule has 0 aromatic heterocycles. The van der Waals surface area contributed by atoms with Crippen LogP contribution in [0.2, 0.25) is 0 Å². The number of halogens is 2. The number of benzene rings is 2. The molecule has 0 amide bonds. The molecule has 0 N–H and O–H groups in total.